The van der Waals surface area contributed by atoms with Crippen molar-refractivity contribution in [2.45, 2.75) is 39.3 Å². The number of ketones is 1. The summed E-state index contributed by atoms with van der Waals surface area (Å²) in [5.41, 5.74) is 1.10. The molecule has 7 heteroatoms. The van der Waals surface area contributed by atoms with Gasteiger partial charge in [-0.05, 0) is 55.3 Å². The summed E-state index contributed by atoms with van der Waals surface area (Å²) >= 11 is 0. The van der Waals surface area contributed by atoms with Crippen LogP contribution in [0.3, 0.4) is 0 Å². The molecule has 0 aliphatic carbocycles. The van der Waals surface area contributed by atoms with Crippen molar-refractivity contribution in [3.8, 4) is 11.5 Å². The second-order valence-electron chi connectivity index (χ2n) is 8.24. The average molecular weight is 476 g/mol. The molecule has 1 aliphatic heterocycles. The molecular formula is C28H29NO6. The molecule has 1 aromatic heterocycles. The maximum absolute atomic E-state index is 13.2. The van der Waals surface area contributed by atoms with Gasteiger partial charge in [0, 0.05) is 5.56 Å². The van der Waals surface area contributed by atoms with E-state index in [1.807, 2.05) is 31.2 Å². The number of Topliss-reactive ketones (excluding diaryl/α,β-unsaturated/α-hetero) is 1. The van der Waals surface area contributed by atoms with Crippen LogP contribution in [0.25, 0.3) is 5.76 Å². The number of carbonyl (C=O) groups is 2. The number of carbonyl (C=O) groups excluding carboxylic acids is 2. The molecule has 1 amide bonds. The van der Waals surface area contributed by atoms with Crippen molar-refractivity contribution in [1.82, 2.24) is 4.90 Å². The van der Waals surface area contributed by atoms with Crippen molar-refractivity contribution in [3.05, 3.63) is 89.4 Å². The highest BCUT2D eigenvalue weighted by atomic mass is 16.5. The first-order valence-corrected chi connectivity index (χ1v) is 11.8. The molecule has 1 N–H and O–H groups in total. The van der Waals surface area contributed by atoms with Crippen LogP contribution in [0.2, 0.25) is 0 Å². The number of benzene rings is 2. The minimum Gasteiger partial charge on any atom is -0.507 e. The number of rotatable bonds is 10. The van der Waals surface area contributed by atoms with Crippen LogP contribution >= 0.6 is 0 Å². The van der Waals surface area contributed by atoms with Crippen molar-refractivity contribution >= 4 is 17.4 Å². The van der Waals surface area contributed by atoms with E-state index in [9.17, 15) is 14.7 Å². The molecule has 35 heavy (non-hydrogen) atoms. The Bertz CT molecular complexity index is 1200. The largest absolute Gasteiger partial charge is 0.507 e. The van der Waals surface area contributed by atoms with E-state index < -0.39 is 17.7 Å². The van der Waals surface area contributed by atoms with E-state index in [1.165, 1.54) is 11.2 Å². The van der Waals surface area contributed by atoms with Crippen LogP contribution in [0.15, 0.2) is 76.9 Å². The Kier molecular flexibility index (Phi) is 7.55. The van der Waals surface area contributed by atoms with Gasteiger partial charge in [-0.2, -0.15) is 0 Å². The average Bonchev–Trinajstić information content (AvgIpc) is 3.47. The Hall–Kier alpha value is -4.00. The zero-order valence-electron chi connectivity index (χ0n) is 19.9. The van der Waals surface area contributed by atoms with E-state index in [4.69, 9.17) is 13.9 Å². The highest BCUT2D eigenvalue weighted by Crippen LogP contribution is 2.41. The van der Waals surface area contributed by atoms with Gasteiger partial charge in [-0.1, -0.05) is 37.6 Å². The molecule has 1 unspecified atom stereocenters. The summed E-state index contributed by atoms with van der Waals surface area (Å²) in [6, 6.07) is 16.8. The van der Waals surface area contributed by atoms with Crippen LogP contribution in [-0.4, -0.2) is 34.9 Å². The van der Waals surface area contributed by atoms with Gasteiger partial charge < -0.3 is 23.9 Å². The highest BCUT2D eigenvalue weighted by Gasteiger charge is 2.46. The molecule has 0 radical (unpaired) electrons. The number of amides is 1. The Morgan fingerprint density at radius 1 is 1.00 bits per heavy atom. The van der Waals surface area contributed by atoms with Gasteiger partial charge in [0.1, 0.15) is 23.0 Å². The Labute approximate surface area is 204 Å². The number of furan rings is 1. The number of likely N-dealkylation sites (tertiary alicyclic amines) is 1. The fourth-order valence-corrected chi connectivity index (χ4v) is 4.10. The summed E-state index contributed by atoms with van der Waals surface area (Å²) in [6.45, 7) is 5.13. The zero-order chi connectivity index (χ0) is 24.8. The summed E-state index contributed by atoms with van der Waals surface area (Å²) in [4.78, 5) is 27.7. The van der Waals surface area contributed by atoms with Crippen LogP contribution < -0.4 is 9.47 Å². The molecule has 0 spiro atoms. The van der Waals surface area contributed by atoms with E-state index in [0.717, 1.165) is 12.8 Å². The summed E-state index contributed by atoms with van der Waals surface area (Å²) in [5, 5.41) is 11.3. The molecule has 1 atom stereocenters. The smallest absolute Gasteiger partial charge is 0.296 e. The predicted octanol–water partition coefficient (Wildman–Crippen LogP) is 5.48. The van der Waals surface area contributed by atoms with Crippen LogP contribution in [0.5, 0.6) is 11.5 Å². The standard InChI is InChI=1S/C28H29NO6/c1-3-5-15-34-21-13-11-19(12-14-21)25-24(26(30)20-8-6-9-22(17-20)33-4-2)27(31)28(32)29(25)18-23-10-7-16-35-23/h6-14,16-17,25,30H,3-5,15,18H2,1-2H3. The first-order valence-electron chi connectivity index (χ1n) is 11.8. The van der Waals surface area contributed by atoms with E-state index in [2.05, 4.69) is 6.92 Å². The molecular weight excluding hydrogens is 446 g/mol. The third kappa shape index (κ3) is 5.24. The number of aliphatic hydroxyl groups excluding tert-OH is 1. The molecule has 7 nitrogen and oxygen atoms in total. The summed E-state index contributed by atoms with van der Waals surface area (Å²) in [7, 11) is 0. The molecule has 2 aromatic carbocycles. The number of unbranched alkanes of at least 4 members (excludes halogenated alkanes) is 1. The number of hydrogen-bond acceptors (Lipinski definition) is 6. The fraction of sp³-hybridized carbons (Fsp3) is 0.286. The lowest BCUT2D eigenvalue weighted by Crippen LogP contribution is -2.29. The number of nitrogens with zero attached hydrogens (tertiary/aromatic N) is 1. The molecule has 4 rings (SSSR count). The summed E-state index contributed by atoms with van der Waals surface area (Å²) < 4.78 is 16.7. The number of hydrogen-bond donors (Lipinski definition) is 1. The van der Waals surface area contributed by atoms with Gasteiger partial charge in [0.2, 0.25) is 0 Å². The second-order valence-corrected chi connectivity index (χ2v) is 8.24. The van der Waals surface area contributed by atoms with E-state index in [1.54, 1.807) is 36.4 Å². The minimum absolute atomic E-state index is 0.0230. The molecule has 3 aromatic rings. The van der Waals surface area contributed by atoms with Gasteiger partial charge in [0.15, 0.2) is 0 Å². The summed E-state index contributed by atoms with van der Waals surface area (Å²) in [5.74, 6) is 0.109. The molecule has 182 valence electrons. The monoisotopic (exact) mass is 475 g/mol. The fourth-order valence-electron chi connectivity index (χ4n) is 4.10. The summed E-state index contributed by atoms with van der Waals surface area (Å²) in [6.07, 6.45) is 3.50. The molecule has 1 saturated heterocycles. The Balaban J connectivity index is 1.76. The molecule has 0 bridgehead atoms. The lowest BCUT2D eigenvalue weighted by Gasteiger charge is -2.24. The van der Waals surface area contributed by atoms with E-state index in [-0.39, 0.29) is 17.9 Å². The van der Waals surface area contributed by atoms with Gasteiger partial charge in [0.05, 0.1) is 37.6 Å². The van der Waals surface area contributed by atoms with E-state index in [0.29, 0.717) is 41.6 Å². The van der Waals surface area contributed by atoms with Crippen molar-refractivity contribution in [1.29, 1.82) is 0 Å². The Morgan fingerprint density at radius 2 is 1.80 bits per heavy atom. The topological polar surface area (TPSA) is 89.2 Å². The lowest BCUT2D eigenvalue weighted by molar-refractivity contribution is -0.140. The van der Waals surface area contributed by atoms with Gasteiger partial charge in [0.25, 0.3) is 11.7 Å². The normalized spacial score (nSPS) is 17.1. The van der Waals surface area contributed by atoms with Crippen molar-refractivity contribution in [2.75, 3.05) is 13.2 Å². The SMILES string of the molecule is CCCCOc1ccc(C2C(=C(O)c3cccc(OCC)c3)C(=O)C(=O)N2Cc2ccco2)cc1. The Morgan fingerprint density at radius 3 is 2.49 bits per heavy atom. The van der Waals surface area contributed by atoms with Crippen LogP contribution in [0.1, 0.15) is 49.6 Å². The maximum Gasteiger partial charge on any atom is 0.296 e. The van der Waals surface area contributed by atoms with E-state index >= 15 is 0 Å². The predicted molar refractivity (Wildman–Crippen MR) is 131 cm³/mol. The zero-order valence-corrected chi connectivity index (χ0v) is 19.9. The van der Waals surface area contributed by atoms with Crippen molar-refractivity contribution in [2.24, 2.45) is 0 Å². The van der Waals surface area contributed by atoms with Crippen molar-refractivity contribution < 1.29 is 28.6 Å². The maximum atomic E-state index is 13.2. The first-order chi connectivity index (χ1) is 17.0. The molecule has 0 saturated carbocycles. The number of aliphatic hydroxyl groups is 1. The van der Waals surface area contributed by atoms with Gasteiger partial charge >= 0.3 is 0 Å². The van der Waals surface area contributed by atoms with Crippen molar-refractivity contribution in [3.63, 3.8) is 0 Å². The first kappa shape index (κ1) is 24.1. The quantitative estimate of drug-likeness (QED) is 0.181. The van der Waals surface area contributed by atoms with Gasteiger partial charge in [-0.3, -0.25) is 9.59 Å². The lowest BCUT2D eigenvalue weighted by atomic mass is 9.95. The molecule has 2 heterocycles. The minimum atomic E-state index is -0.791. The molecule has 1 fully saturated rings. The van der Waals surface area contributed by atoms with Crippen LogP contribution in [0.4, 0.5) is 0 Å². The van der Waals surface area contributed by atoms with Crippen LogP contribution in [-0.2, 0) is 16.1 Å². The van der Waals surface area contributed by atoms with Crippen LogP contribution in [0, 0.1) is 0 Å². The van der Waals surface area contributed by atoms with Gasteiger partial charge in [-0.15, -0.1) is 0 Å². The highest BCUT2D eigenvalue weighted by molar-refractivity contribution is 6.46. The molecule has 1 aliphatic rings. The third-order valence-corrected chi connectivity index (χ3v) is 5.83. The number of ether oxygens (including phenoxy) is 2. The van der Waals surface area contributed by atoms with Gasteiger partial charge in [-0.25, -0.2) is 0 Å². The second kappa shape index (κ2) is 11.0. The third-order valence-electron chi connectivity index (χ3n) is 5.83.